The van der Waals surface area contributed by atoms with Gasteiger partial charge in [0.25, 0.3) is 0 Å². The molecule has 2 aromatic rings. The summed E-state index contributed by atoms with van der Waals surface area (Å²) in [5.41, 5.74) is -0.307. The average Bonchev–Trinajstić information content (AvgIpc) is 2.92. The third-order valence-electron chi connectivity index (χ3n) is 3.32. The van der Waals surface area contributed by atoms with E-state index in [0.717, 1.165) is 24.7 Å². The van der Waals surface area contributed by atoms with Gasteiger partial charge in [-0.05, 0) is 19.3 Å². The van der Waals surface area contributed by atoms with Gasteiger partial charge in [0.15, 0.2) is 0 Å². The Morgan fingerprint density at radius 3 is 2.85 bits per heavy atom. The largest absolute Gasteiger partial charge is 0.363 e. The molecular weight excluding hydrogens is 258 g/mol. The monoisotopic (exact) mass is 275 g/mol. The second kappa shape index (κ2) is 5.72. The second-order valence-corrected chi connectivity index (χ2v) is 4.79. The van der Waals surface area contributed by atoms with Gasteiger partial charge in [-0.25, -0.2) is 19.9 Å². The molecule has 0 amide bonds. The predicted molar refractivity (Wildman–Crippen MR) is 74.6 cm³/mol. The Hall–Kier alpha value is -2.38. The number of aromatic nitrogens is 5. The molecule has 8 nitrogen and oxygen atoms in total. The van der Waals surface area contributed by atoms with Gasteiger partial charge in [-0.2, -0.15) is 5.10 Å². The van der Waals surface area contributed by atoms with Gasteiger partial charge in [0.2, 0.25) is 0 Å². The molecular formula is C12H17N7O. The van der Waals surface area contributed by atoms with Crippen LogP contribution in [0.2, 0.25) is 0 Å². The first-order valence-corrected chi connectivity index (χ1v) is 6.76. The zero-order valence-electron chi connectivity index (χ0n) is 11.1. The van der Waals surface area contributed by atoms with Crippen LogP contribution < -0.4 is 15.9 Å². The molecule has 1 saturated heterocycles. The SMILES string of the molecule is O=c1[nH]nc(CNc2cc(N3CCCCC3)ncn2)[nH]1. The first-order valence-electron chi connectivity index (χ1n) is 6.76. The van der Waals surface area contributed by atoms with Gasteiger partial charge in [0.05, 0.1) is 6.54 Å². The fraction of sp³-hybridized carbons (Fsp3) is 0.500. The highest BCUT2D eigenvalue weighted by Crippen LogP contribution is 2.19. The van der Waals surface area contributed by atoms with Crippen molar-refractivity contribution in [2.24, 2.45) is 0 Å². The van der Waals surface area contributed by atoms with Gasteiger partial charge < -0.3 is 10.2 Å². The summed E-state index contributed by atoms with van der Waals surface area (Å²) in [5, 5.41) is 9.28. The minimum absolute atomic E-state index is 0.307. The summed E-state index contributed by atoms with van der Waals surface area (Å²) in [6, 6.07) is 1.93. The zero-order valence-corrected chi connectivity index (χ0v) is 11.1. The maximum Gasteiger partial charge on any atom is 0.340 e. The summed E-state index contributed by atoms with van der Waals surface area (Å²) >= 11 is 0. The van der Waals surface area contributed by atoms with E-state index >= 15 is 0 Å². The lowest BCUT2D eigenvalue weighted by molar-refractivity contribution is 0.573. The topological polar surface area (TPSA) is 103 Å². The van der Waals surface area contributed by atoms with E-state index in [2.05, 4.69) is 35.4 Å². The van der Waals surface area contributed by atoms with Gasteiger partial charge in [0.1, 0.15) is 23.8 Å². The number of rotatable bonds is 4. The van der Waals surface area contributed by atoms with Crippen LogP contribution in [0.1, 0.15) is 25.1 Å². The molecule has 0 aromatic carbocycles. The first kappa shape index (κ1) is 12.6. The number of nitrogens with one attached hydrogen (secondary N) is 3. The van der Waals surface area contributed by atoms with Crippen LogP contribution in [-0.4, -0.2) is 38.2 Å². The molecule has 0 aliphatic carbocycles. The average molecular weight is 275 g/mol. The molecule has 0 bridgehead atoms. The standard InChI is InChI=1S/C12H17N7O/c20-12-16-10(17-18-12)7-13-9-6-11(15-8-14-9)19-4-2-1-3-5-19/h6,8H,1-5,7H2,(H,13,14,15)(H2,16,17,18,20). The second-order valence-electron chi connectivity index (χ2n) is 4.79. The molecule has 3 N–H and O–H groups in total. The Labute approximate surface area is 115 Å². The van der Waals surface area contributed by atoms with Crippen molar-refractivity contribution in [3.63, 3.8) is 0 Å². The molecule has 20 heavy (non-hydrogen) atoms. The number of nitrogens with zero attached hydrogens (tertiary/aromatic N) is 4. The summed E-state index contributed by atoms with van der Waals surface area (Å²) < 4.78 is 0. The summed E-state index contributed by atoms with van der Waals surface area (Å²) in [5.74, 6) is 2.22. The number of piperidine rings is 1. The minimum Gasteiger partial charge on any atom is -0.363 e. The molecule has 0 radical (unpaired) electrons. The van der Waals surface area contributed by atoms with Crippen molar-refractivity contribution in [2.75, 3.05) is 23.3 Å². The molecule has 0 spiro atoms. The summed E-state index contributed by atoms with van der Waals surface area (Å²) in [6.07, 6.45) is 5.27. The van der Waals surface area contributed by atoms with Crippen molar-refractivity contribution < 1.29 is 0 Å². The highest BCUT2D eigenvalue weighted by Gasteiger charge is 2.12. The summed E-state index contributed by atoms with van der Waals surface area (Å²) in [7, 11) is 0. The Morgan fingerprint density at radius 2 is 2.10 bits per heavy atom. The van der Waals surface area contributed by atoms with Crippen molar-refractivity contribution in [1.82, 2.24) is 25.1 Å². The lowest BCUT2D eigenvalue weighted by atomic mass is 10.1. The van der Waals surface area contributed by atoms with E-state index in [1.165, 1.54) is 19.3 Å². The number of hydrogen-bond donors (Lipinski definition) is 3. The maximum atomic E-state index is 10.9. The smallest absolute Gasteiger partial charge is 0.340 e. The highest BCUT2D eigenvalue weighted by molar-refractivity contribution is 5.48. The van der Waals surface area contributed by atoms with Crippen molar-refractivity contribution in [3.8, 4) is 0 Å². The third kappa shape index (κ3) is 2.95. The van der Waals surface area contributed by atoms with Crippen LogP contribution in [0.15, 0.2) is 17.2 Å². The van der Waals surface area contributed by atoms with Crippen molar-refractivity contribution >= 4 is 11.6 Å². The molecule has 0 unspecified atom stereocenters. The quantitative estimate of drug-likeness (QED) is 0.750. The molecule has 106 valence electrons. The van der Waals surface area contributed by atoms with Crippen LogP contribution >= 0.6 is 0 Å². The molecule has 1 aliphatic rings. The zero-order chi connectivity index (χ0) is 13.8. The number of H-pyrrole nitrogens is 2. The van der Waals surface area contributed by atoms with Crippen molar-refractivity contribution in [3.05, 3.63) is 28.7 Å². The van der Waals surface area contributed by atoms with E-state index in [9.17, 15) is 4.79 Å². The Bertz CT molecular complexity index is 614. The lowest BCUT2D eigenvalue weighted by Gasteiger charge is -2.27. The number of hydrogen-bond acceptors (Lipinski definition) is 6. The summed E-state index contributed by atoms with van der Waals surface area (Å²) in [4.78, 5) is 24.3. The molecule has 8 heteroatoms. The van der Waals surface area contributed by atoms with Gasteiger partial charge in [-0.1, -0.05) is 0 Å². The fourth-order valence-corrected chi connectivity index (χ4v) is 2.30. The van der Waals surface area contributed by atoms with Crippen LogP contribution in [-0.2, 0) is 6.54 Å². The summed E-state index contributed by atoms with van der Waals surface area (Å²) in [6.45, 7) is 2.50. The Balaban J connectivity index is 1.66. The minimum atomic E-state index is -0.307. The predicted octanol–water partition coefficient (Wildman–Crippen LogP) is 0.490. The van der Waals surface area contributed by atoms with E-state index in [4.69, 9.17) is 0 Å². The van der Waals surface area contributed by atoms with Gasteiger partial charge in [-0.15, -0.1) is 0 Å². The van der Waals surface area contributed by atoms with Crippen LogP contribution in [0.5, 0.6) is 0 Å². The van der Waals surface area contributed by atoms with Gasteiger partial charge in [0, 0.05) is 19.2 Å². The molecule has 0 saturated carbocycles. The molecule has 1 fully saturated rings. The van der Waals surface area contributed by atoms with E-state index in [1.54, 1.807) is 6.33 Å². The van der Waals surface area contributed by atoms with E-state index in [0.29, 0.717) is 12.4 Å². The van der Waals surface area contributed by atoms with Crippen LogP contribution in [0.3, 0.4) is 0 Å². The van der Waals surface area contributed by atoms with Gasteiger partial charge in [-0.3, -0.25) is 4.98 Å². The van der Waals surface area contributed by atoms with E-state index in [1.807, 2.05) is 6.07 Å². The lowest BCUT2D eigenvalue weighted by Crippen LogP contribution is -2.30. The first-order chi connectivity index (χ1) is 9.81. The highest BCUT2D eigenvalue weighted by atomic mass is 16.1. The number of anilines is 2. The maximum absolute atomic E-state index is 10.9. The molecule has 3 rings (SSSR count). The van der Waals surface area contributed by atoms with Crippen LogP contribution in [0.25, 0.3) is 0 Å². The van der Waals surface area contributed by atoms with Crippen LogP contribution in [0, 0.1) is 0 Å². The van der Waals surface area contributed by atoms with Gasteiger partial charge >= 0.3 is 5.69 Å². The molecule has 3 heterocycles. The fourth-order valence-electron chi connectivity index (χ4n) is 2.30. The van der Waals surface area contributed by atoms with E-state index < -0.39 is 0 Å². The van der Waals surface area contributed by atoms with E-state index in [-0.39, 0.29) is 5.69 Å². The van der Waals surface area contributed by atoms with Crippen molar-refractivity contribution in [1.29, 1.82) is 0 Å². The molecule has 1 aliphatic heterocycles. The Morgan fingerprint density at radius 1 is 1.25 bits per heavy atom. The molecule has 2 aromatic heterocycles. The van der Waals surface area contributed by atoms with Crippen LogP contribution in [0.4, 0.5) is 11.6 Å². The number of aromatic amines is 2. The molecule has 0 atom stereocenters. The Kier molecular flexibility index (Phi) is 3.62. The third-order valence-corrected chi connectivity index (χ3v) is 3.32. The van der Waals surface area contributed by atoms with Crippen molar-refractivity contribution in [2.45, 2.75) is 25.8 Å². The normalized spacial score (nSPS) is 15.3.